The number of pyridine rings is 1. The summed E-state index contributed by atoms with van der Waals surface area (Å²) < 4.78 is 10.7. The predicted molar refractivity (Wildman–Crippen MR) is 42.0 cm³/mol. The van der Waals surface area contributed by atoms with Crippen LogP contribution in [0.1, 0.15) is 5.56 Å². The molecule has 1 rings (SSSR count). The van der Waals surface area contributed by atoms with Crippen LogP contribution < -0.4 is 0 Å². The molecule has 54 valence electrons. The molecule has 0 radical (unpaired) electrons. The van der Waals surface area contributed by atoms with E-state index in [4.69, 9.17) is 0 Å². The number of aromatic nitrogens is 1. The largest absolute Gasteiger partial charge is 0.264 e. The topological polar surface area (TPSA) is 30.0 Å². The summed E-state index contributed by atoms with van der Waals surface area (Å²) in [6, 6.07) is 3.77. The first-order valence-electron chi connectivity index (χ1n) is 2.98. The molecular formula is C7H9NOS. The van der Waals surface area contributed by atoms with Crippen molar-refractivity contribution >= 4 is 10.8 Å². The molecule has 1 heterocycles. The molecule has 1 atom stereocenters. The third-order valence-electron chi connectivity index (χ3n) is 1.09. The van der Waals surface area contributed by atoms with Gasteiger partial charge in [0.15, 0.2) is 0 Å². The van der Waals surface area contributed by atoms with Gasteiger partial charge < -0.3 is 0 Å². The van der Waals surface area contributed by atoms with Crippen molar-refractivity contribution in [2.45, 2.75) is 5.75 Å². The van der Waals surface area contributed by atoms with Crippen LogP contribution in [0.15, 0.2) is 24.5 Å². The molecule has 0 aromatic carbocycles. The molecular weight excluding hydrogens is 146 g/mol. The quantitative estimate of drug-likeness (QED) is 0.636. The van der Waals surface area contributed by atoms with Gasteiger partial charge in [0.05, 0.1) is 0 Å². The number of rotatable bonds is 2. The van der Waals surface area contributed by atoms with Crippen LogP contribution in [0.5, 0.6) is 0 Å². The van der Waals surface area contributed by atoms with Crippen molar-refractivity contribution in [1.82, 2.24) is 4.98 Å². The molecule has 0 fully saturated rings. The average molecular weight is 155 g/mol. The van der Waals surface area contributed by atoms with E-state index < -0.39 is 10.8 Å². The summed E-state index contributed by atoms with van der Waals surface area (Å²) in [4.78, 5) is 3.90. The van der Waals surface area contributed by atoms with E-state index in [-0.39, 0.29) is 0 Å². The lowest BCUT2D eigenvalue weighted by Gasteiger charge is -1.93. The fourth-order valence-corrected chi connectivity index (χ4v) is 1.36. The summed E-state index contributed by atoms with van der Waals surface area (Å²) in [7, 11) is -0.757. The van der Waals surface area contributed by atoms with Gasteiger partial charge >= 0.3 is 0 Å². The minimum atomic E-state index is -0.757. The Labute approximate surface area is 62.8 Å². The SMILES string of the molecule is CS(=O)Cc1cccnc1. The summed E-state index contributed by atoms with van der Waals surface area (Å²) in [5.74, 6) is 0.605. The maximum absolute atomic E-state index is 10.7. The summed E-state index contributed by atoms with van der Waals surface area (Å²) in [6.45, 7) is 0. The van der Waals surface area contributed by atoms with Gasteiger partial charge in [-0.25, -0.2) is 0 Å². The monoisotopic (exact) mass is 155 g/mol. The Morgan fingerprint density at radius 1 is 1.70 bits per heavy atom. The molecule has 0 spiro atoms. The van der Waals surface area contributed by atoms with Crippen molar-refractivity contribution < 1.29 is 4.21 Å². The zero-order chi connectivity index (χ0) is 7.40. The smallest absolute Gasteiger partial charge is 0.0498 e. The Hall–Kier alpha value is -0.700. The molecule has 0 amide bonds. The Morgan fingerprint density at radius 3 is 3.00 bits per heavy atom. The first-order valence-corrected chi connectivity index (χ1v) is 4.70. The van der Waals surface area contributed by atoms with Gasteiger partial charge in [0.1, 0.15) is 0 Å². The lowest BCUT2D eigenvalue weighted by atomic mass is 10.3. The van der Waals surface area contributed by atoms with E-state index in [1.54, 1.807) is 18.6 Å². The van der Waals surface area contributed by atoms with Gasteiger partial charge in [-0.15, -0.1) is 0 Å². The zero-order valence-corrected chi connectivity index (χ0v) is 6.60. The summed E-state index contributed by atoms with van der Waals surface area (Å²) >= 11 is 0. The second-order valence-corrected chi connectivity index (χ2v) is 3.51. The van der Waals surface area contributed by atoms with Gasteiger partial charge in [-0.2, -0.15) is 0 Å². The van der Waals surface area contributed by atoms with E-state index in [1.807, 2.05) is 12.1 Å². The minimum absolute atomic E-state index is 0.605. The van der Waals surface area contributed by atoms with Gasteiger partial charge in [0.2, 0.25) is 0 Å². The van der Waals surface area contributed by atoms with Crippen LogP contribution in [0.25, 0.3) is 0 Å². The van der Waals surface area contributed by atoms with Crippen LogP contribution in [-0.4, -0.2) is 15.4 Å². The minimum Gasteiger partial charge on any atom is -0.264 e. The molecule has 10 heavy (non-hydrogen) atoms. The standard InChI is InChI=1S/C7H9NOS/c1-10(9)6-7-3-2-4-8-5-7/h2-5H,6H2,1H3. The van der Waals surface area contributed by atoms with Crippen molar-refractivity contribution in [3.05, 3.63) is 30.1 Å². The first-order chi connectivity index (χ1) is 4.79. The van der Waals surface area contributed by atoms with E-state index in [0.29, 0.717) is 5.75 Å². The second kappa shape index (κ2) is 3.46. The van der Waals surface area contributed by atoms with Crippen LogP contribution in [0.2, 0.25) is 0 Å². The zero-order valence-electron chi connectivity index (χ0n) is 5.78. The number of nitrogens with zero attached hydrogens (tertiary/aromatic N) is 1. The molecule has 0 aliphatic rings. The lowest BCUT2D eigenvalue weighted by molar-refractivity contribution is 0.686. The molecule has 3 heteroatoms. The molecule has 0 saturated carbocycles. The highest BCUT2D eigenvalue weighted by Gasteiger charge is 1.92. The molecule has 1 aromatic rings. The van der Waals surface area contributed by atoms with E-state index in [1.165, 1.54) is 0 Å². The maximum Gasteiger partial charge on any atom is 0.0498 e. The Morgan fingerprint density at radius 2 is 2.50 bits per heavy atom. The lowest BCUT2D eigenvalue weighted by Crippen LogP contribution is -1.91. The Bertz CT molecular complexity index is 222. The third kappa shape index (κ3) is 2.27. The van der Waals surface area contributed by atoms with Crippen molar-refractivity contribution in [2.75, 3.05) is 6.26 Å². The Balaban J connectivity index is 2.67. The Kier molecular flexibility index (Phi) is 2.57. The van der Waals surface area contributed by atoms with Crippen molar-refractivity contribution in [1.29, 1.82) is 0 Å². The van der Waals surface area contributed by atoms with Crippen LogP contribution in [-0.2, 0) is 16.6 Å². The molecule has 0 N–H and O–H groups in total. The van der Waals surface area contributed by atoms with Gasteiger partial charge in [-0.3, -0.25) is 9.19 Å². The van der Waals surface area contributed by atoms with E-state index in [0.717, 1.165) is 5.56 Å². The highest BCUT2D eigenvalue weighted by Crippen LogP contribution is 1.97. The van der Waals surface area contributed by atoms with Gasteiger partial charge in [-0.1, -0.05) is 6.07 Å². The summed E-state index contributed by atoms with van der Waals surface area (Å²) in [5.41, 5.74) is 1.03. The van der Waals surface area contributed by atoms with Gasteiger partial charge in [-0.05, 0) is 11.6 Å². The first kappa shape index (κ1) is 7.41. The fourth-order valence-electron chi connectivity index (χ4n) is 0.718. The molecule has 0 saturated heterocycles. The highest BCUT2D eigenvalue weighted by molar-refractivity contribution is 7.83. The van der Waals surface area contributed by atoms with Crippen LogP contribution in [0, 0.1) is 0 Å². The van der Waals surface area contributed by atoms with Gasteiger partial charge in [0, 0.05) is 35.2 Å². The summed E-state index contributed by atoms with van der Waals surface area (Å²) in [6.07, 6.45) is 5.14. The predicted octanol–water partition coefficient (Wildman–Crippen LogP) is 0.960. The van der Waals surface area contributed by atoms with Crippen LogP contribution in [0.4, 0.5) is 0 Å². The van der Waals surface area contributed by atoms with Crippen molar-refractivity contribution in [2.24, 2.45) is 0 Å². The van der Waals surface area contributed by atoms with Crippen LogP contribution in [0.3, 0.4) is 0 Å². The fraction of sp³-hybridized carbons (Fsp3) is 0.286. The van der Waals surface area contributed by atoms with Crippen molar-refractivity contribution in [3.63, 3.8) is 0 Å². The van der Waals surface area contributed by atoms with Gasteiger partial charge in [0.25, 0.3) is 0 Å². The normalized spacial score (nSPS) is 12.9. The van der Waals surface area contributed by atoms with Crippen LogP contribution >= 0.6 is 0 Å². The summed E-state index contributed by atoms with van der Waals surface area (Å²) in [5, 5.41) is 0. The maximum atomic E-state index is 10.7. The molecule has 1 aromatic heterocycles. The molecule has 0 aliphatic carbocycles. The molecule has 1 unspecified atom stereocenters. The highest BCUT2D eigenvalue weighted by atomic mass is 32.2. The second-order valence-electron chi connectivity index (χ2n) is 2.08. The molecule has 2 nitrogen and oxygen atoms in total. The average Bonchev–Trinajstić information content (AvgIpc) is 1.88. The molecule has 0 aliphatic heterocycles. The third-order valence-corrected chi connectivity index (χ3v) is 1.83. The number of hydrogen-bond donors (Lipinski definition) is 0. The van der Waals surface area contributed by atoms with E-state index in [9.17, 15) is 4.21 Å². The van der Waals surface area contributed by atoms with Crippen molar-refractivity contribution in [3.8, 4) is 0 Å². The van der Waals surface area contributed by atoms with E-state index >= 15 is 0 Å². The van der Waals surface area contributed by atoms with E-state index in [2.05, 4.69) is 4.98 Å². The number of hydrogen-bond acceptors (Lipinski definition) is 2. The molecule has 0 bridgehead atoms.